The zero-order chi connectivity index (χ0) is 16.9. The van der Waals surface area contributed by atoms with Crippen LogP contribution in [0.2, 0.25) is 0 Å². The van der Waals surface area contributed by atoms with E-state index in [0.717, 1.165) is 25.9 Å². The molecule has 1 aliphatic rings. The average molecular weight is 364 g/mol. The number of aromatic nitrogens is 3. The van der Waals surface area contributed by atoms with E-state index in [1.54, 1.807) is 6.20 Å². The molecule has 0 atom stereocenters. The van der Waals surface area contributed by atoms with Crippen molar-refractivity contribution in [1.82, 2.24) is 25.2 Å². The number of benzene rings is 1. The van der Waals surface area contributed by atoms with Gasteiger partial charge in [-0.1, -0.05) is 29.5 Å². The van der Waals surface area contributed by atoms with E-state index in [-0.39, 0.29) is 18.3 Å². The first kappa shape index (κ1) is 19.4. The number of amides is 1. The lowest BCUT2D eigenvalue weighted by atomic mass is 10.1. The van der Waals surface area contributed by atoms with Crippen LogP contribution in [0, 0.1) is 6.92 Å². The van der Waals surface area contributed by atoms with Crippen molar-refractivity contribution in [3.8, 4) is 0 Å². The van der Waals surface area contributed by atoms with Gasteiger partial charge in [0.2, 0.25) is 0 Å². The maximum Gasteiger partial charge on any atom is 0.276 e. The zero-order valence-electron chi connectivity index (χ0n) is 14.8. The van der Waals surface area contributed by atoms with E-state index in [4.69, 9.17) is 0 Å². The molecule has 1 aliphatic heterocycles. The molecule has 2 heterocycles. The van der Waals surface area contributed by atoms with E-state index in [1.165, 1.54) is 11.1 Å². The van der Waals surface area contributed by atoms with Crippen LogP contribution >= 0.6 is 12.4 Å². The first-order valence-corrected chi connectivity index (χ1v) is 8.65. The molecular formula is C18H26ClN5O. The fraction of sp³-hybridized carbons (Fsp3) is 0.500. The summed E-state index contributed by atoms with van der Waals surface area (Å²) in [5.74, 6) is -0.0547. The van der Waals surface area contributed by atoms with Gasteiger partial charge in [0, 0.05) is 13.1 Å². The van der Waals surface area contributed by atoms with Crippen LogP contribution < -0.4 is 5.32 Å². The smallest absolute Gasteiger partial charge is 0.276 e. The van der Waals surface area contributed by atoms with E-state index in [1.807, 2.05) is 28.6 Å². The summed E-state index contributed by atoms with van der Waals surface area (Å²) in [4.78, 5) is 14.6. The minimum atomic E-state index is -0.0547. The third-order valence-electron chi connectivity index (χ3n) is 4.70. The Morgan fingerprint density at radius 3 is 2.72 bits per heavy atom. The Bertz CT molecular complexity index is 696. The number of carbonyl (C=O) groups is 1. The maximum atomic E-state index is 12.8. The molecule has 0 spiro atoms. The molecule has 1 N–H and O–H groups in total. The van der Waals surface area contributed by atoms with Gasteiger partial charge < -0.3 is 10.2 Å². The van der Waals surface area contributed by atoms with Gasteiger partial charge in [0.15, 0.2) is 5.69 Å². The molecule has 6 nitrogen and oxygen atoms in total. The lowest BCUT2D eigenvalue weighted by molar-refractivity contribution is 0.0746. The van der Waals surface area contributed by atoms with Gasteiger partial charge in [-0.15, -0.1) is 17.5 Å². The van der Waals surface area contributed by atoms with Crippen molar-refractivity contribution in [2.75, 3.05) is 19.6 Å². The number of nitrogens with one attached hydrogen (secondary N) is 1. The minimum Gasteiger partial charge on any atom is -0.333 e. The second-order valence-corrected chi connectivity index (χ2v) is 6.31. The quantitative estimate of drug-likeness (QED) is 0.886. The molecule has 0 aliphatic carbocycles. The van der Waals surface area contributed by atoms with Crippen molar-refractivity contribution in [1.29, 1.82) is 0 Å². The largest absolute Gasteiger partial charge is 0.333 e. The highest BCUT2D eigenvalue weighted by atomic mass is 35.5. The summed E-state index contributed by atoms with van der Waals surface area (Å²) in [5, 5.41) is 11.7. The van der Waals surface area contributed by atoms with Gasteiger partial charge in [-0.05, 0) is 50.9 Å². The van der Waals surface area contributed by atoms with Gasteiger partial charge in [-0.2, -0.15) is 0 Å². The predicted molar refractivity (Wildman–Crippen MR) is 100 cm³/mol. The Labute approximate surface area is 155 Å². The van der Waals surface area contributed by atoms with Crippen LogP contribution in [0.3, 0.4) is 0 Å². The molecular weight excluding hydrogens is 338 g/mol. The van der Waals surface area contributed by atoms with E-state index in [9.17, 15) is 4.79 Å². The molecule has 1 aromatic carbocycles. The number of carbonyl (C=O) groups excluding carboxylic acids is 1. The average Bonchev–Trinajstić information content (AvgIpc) is 3.11. The number of hydrogen-bond acceptors (Lipinski definition) is 4. The Hall–Kier alpha value is -1.92. The van der Waals surface area contributed by atoms with Crippen molar-refractivity contribution >= 4 is 18.3 Å². The molecule has 1 aromatic heterocycles. The molecule has 0 bridgehead atoms. The normalized spacial score (nSPS) is 14.8. The van der Waals surface area contributed by atoms with Crippen LogP contribution in [0.4, 0.5) is 0 Å². The van der Waals surface area contributed by atoms with Gasteiger partial charge in [-0.3, -0.25) is 4.79 Å². The number of nitrogens with zero attached hydrogens (tertiary/aromatic N) is 4. The van der Waals surface area contributed by atoms with Crippen molar-refractivity contribution in [3.63, 3.8) is 0 Å². The molecule has 0 unspecified atom stereocenters. The number of aryl methyl sites for hydroxylation is 1. The Morgan fingerprint density at radius 1 is 1.32 bits per heavy atom. The van der Waals surface area contributed by atoms with Crippen LogP contribution in [0.25, 0.3) is 0 Å². The lowest BCUT2D eigenvalue weighted by Gasteiger charge is -2.22. The lowest BCUT2D eigenvalue weighted by Crippen LogP contribution is -2.31. The molecule has 25 heavy (non-hydrogen) atoms. The summed E-state index contributed by atoms with van der Waals surface area (Å²) in [6, 6.07) is 8.50. The second kappa shape index (κ2) is 8.97. The topological polar surface area (TPSA) is 63.1 Å². The van der Waals surface area contributed by atoms with Crippen LogP contribution in [0.15, 0.2) is 30.5 Å². The highest BCUT2D eigenvalue weighted by Gasteiger charge is 2.22. The number of hydrogen-bond donors (Lipinski definition) is 1. The number of halogens is 1. The van der Waals surface area contributed by atoms with Crippen LogP contribution in [0.1, 0.15) is 47.4 Å². The standard InChI is InChI=1S/C18H25N5O.ClH/c1-3-22(12-15-7-5-4-6-14(15)2)18(24)17-13-23(21-20-17)16-8-10-19-11-9-16;/h4-7,13,16,19H,3,8-12H2,1-2H3;1H. The van der Waals surface area contributed by atoms with Gasteiger partial charge in [0.05, 0.1) is 12.2 Å². The summed E-state index contributed by atoms with van der Waals surface area (Å²) in [7, 11) is 0. The van der Waals surface area contributed by atoms with Crippen molar-refractivity contribution in [2.45, 2.75) is 39.3 Å². The van der Waals surface area contributed by atoms with Gasteiger partial charge in [0.25, 0.3) is 5.91 Å². The summed E-state index contributed by atoms with van der Waals surface area (Å²) < 4.78 is 1.86. The van der Waals surface area contributed by atoms with Gasteiger partial charge >= 0.3 is 0 Å². The molecule has 0 radical (unpaired) electrons. The molecule has 2 aromatic rings. The molecule has 3 rings (SSSR count). The van der Waals surface area contributed by atoms with Crippen LogP contribution in [-0.2, 0) is 6.54 Å². The second-order valence-electron chi connectivity index (χ2n) is 6.31. The van der Waals surface area contributed by atoms with E-state index < -0.39 is 0 Å². The number of rotatable bonds is 5. The maximum absolute atomic E-state index is 12.8. The van der Waals surface area contributed by atoms with Crippen molar-refractivity contribution in [2.24, 2.45) is 0 Å². The van der Waals surface area contributed by atoms with Crippen LogP contribution in [0.5, 0.6) is 0 Å². The molecule has 1 amide bonds. The molecule has 136 valence electrons. The van der Waals surface area contributed by atoms with Crippen LogP contribution in [-0.4, -0.2) is 45.4 Å². The van der Waals surface area contributed by atoms with E-state index in [2.05, 4.69) is 34.7 Å². The predicted octanol–water partition coefficient (Wildman–Crippen LogP) is 2.60. The Morgan fingerprint density at radius 2 is 2.04 bits per heavy atom. The molecule has 1 saturated heterocycles. The Balaban J connectivity index is 0.00000225. The summed E-state index contributed by atoms with van der Waals surface area (Å²) >= 11 is 0. The summed E-state index contributed by atoms with van der Waals surface area (Å²) in [5.41, 5.74) is 2.80. The summed E-state index contributed by atoms with van der Waals surface area (Å²) in [6.07, 6.45) is 3.86. The first-order valence-electron chi connectivity index (χ1n) is 8.65. The molecule has 1 fully saturated rings. The highest BCUT2D eigenvalue weighted by molar-refractivity contribution is 5.91. The SMILES string of the molecule is CCN(Cc1ccccc1C)C(=O)c1cn(C2CCNCC2)nn1.Cl. The fourth-order valence-corrected chi connectivity index (χ4v) is 3.11. The monoisotopic (exact) mass is 363 g/mol. The summed E-state index contributed by atoms with van der Waals surface area (Å²) in [6.45, 7) is 7.29. The van der Waals surface area contributed by atoms with Gasteiger partial charge in [-0.25, -0.2) is 4.68 Å². The zero-order valence-corrected chi connectivity index (χ0v) is 15.6. The van der Waals surface area contributed by atoms with Crippen molar-refractivity contribution < 1.29 is 4.79 Å². The van der Waals surface area contributed by atoms with E-state index >= 15 is 0 Å². The minimum absolute atomic E-state index is 0. The number of piperidine rings is 1. The highest BCUT2D eigenvalue weighted by Crippen LogP contribution is 2.18. The first-order chi connectivity index (χ1) is 11.7. The molecule has 7 heteroatoms. The van der Waals surface area contributed by atoms with E-state index in [0.29, 0.717) is 24.8 Å². The fourth-order valence-electron chi connectivity index (χ4n) is 3.11. The van der Waals surface area contributed by atoms with Gasteiger partial charge in [0.1, 0.15) is 0 Å². The molecule has 0 saturated carbocycles. The third-order valence-corrected chi connectivity index (χ3v) is 4.70. The third kappa shape index (κ3) is 4.58. The Kier molecular flexibility index (Phi) is 6.96. The van der Waals surface area contributed by atoms with Crippen molar-refractivity contribution in [3.05, 3.63) is 47.3 Å².